The summed E-state index contributed by atoms with van der Waals surface area (Å²) in [6, 6.07) is 7.45. The van der Waals surface area contributed by atoms with Crippen LogP contribution in [-0.2, 0) is 0 Å². The Bertz CT molecular complexity index is 626. The van der Waals surface area contributed by atoms with Crippen molar-refractivity contribution < 1.29 is 19.4 Å². The first-order valence-electron chi connectivity index (χ1n) is 5.01. The number of hydrogen-bond acceptors (Lipinski definition) is 3. The van der Waals surface area contributed by atoms with Crippen LogP contribution in [0.3, 0.4) is 0 Å². The van der Waals surface area contributed by atoms with Crippen LogP contribution in [-0.4, -0.2) is 16.0 Å². The van der Waals surface area contributed by atoms with Gasteiger partial charge in [0.1, 0.15) is 17.3 Å². The minimum atomic E-state index is -0.701. The fourth-order valence-electron chi connectivity index (χ4n) is 1.52. The molecule has 2 aromatic rings. The molecule has 3 nitrogen and oxygen atoms in total. The number of aromatic hydroxyl groups is 2. The number of halogens is 2. The number of ketones is 1. The molecular weight excluding hydrogens is 259 g/mol. The number of carbonyl (C=O) groups is 1. The Labute approximate surface area is 107 Å². The van der Waals surface area contributed by atoms with Crippen molar-refractivity contribution in [3.63, 3.8) is 0 Å². The predicted molar refractivity (Wildman–Crippen MR) is 64.6 cm³/mol. The van der Waals surface area contributed by atoms with E-state index in [0.717, 1.165) is 18.2 Å². The van der Waals surface area contributed by atoms with Crippen molar-refractivity contribution in [3.8, 4) is 11.5 Å². The highest BCUT2D eigenvalue weighted by molar-refractivity contribution is 6.32. The second kappa shape index (κ2) is 4.66. The Balaban J connectivity index is 2.53. The maximum absolute atomic E-state index is 13.5. The lowest BCUT2D eigenvalue weighted by atomic mass is 10.0. The number of benzene rings is 2. The first kappa shape index (κ1) is 12.4. The van der Waals surface area contributed by atoms with Gasteiger partial charge in [0.05, 0.1) is 16.1 Å². The zero-order valence-corrected chi connectivity index (χ0v) is 9.78. The Hall–Kier alpha value is -2.07. The van der Waals surface area contributed by atoms with Crippen LogP contribution in [0.2, 0.25) is 5.02 Å². The Morgan fingerprint density at radius 2 is 1.72 bits per heavy atom. The second-order valence-corrected chi connectivity index (χ2v) is 4.04. The molecule has 0 saturated carbocycles. The zero-order chi connectivity index (χ0) is 13.3. The van der Waals surface area contributed by atoms with E-state index < -0.39 is 17.3 Å². The van der Waals surface area contributed by atoms with Crippen molar-refractivity contribution in [1.82, 2.24) is 0 Å². The molecule has 0 atom stereocenters. The summed E-state index contributed by atoms with van der Waals surface area (Å²) >= 11 is 5.65. The molecule has 0 spiro atoms. The number of rotatable bonds is 2. The van der Waals surface area contributed by atoms with Gasteiger partial charge in [-0.05, 0) is 18.2 Å². The molecule has 18 heavy (non-hydrogen) atoms. The number of phenolic OH excluding ortho intramolecular Hbond substituents is 2. The summed E-state index contributed by atoms with van der Waals surface area (Å²) in [4.78, 5) is 12.0. The predicted octanol–water partition coefficient (Wildman–Crippen LogP) is 3.12. The molecule has 0 fully saturated rings. The fraction of sp³-hybridized carbons (Fsp3) is 0. The quantitative estimate of drug-likeness (QED) is 0.821. The second-order valence-electron chi connectivity index (χ2n) is 3.63. The van der Waals surface area contributed by atoms with Crippen LogP contribution in [0.25, 0.3) is 0 Å². The number of phenols is 2. The Morgan fingerprint density at radius 3 is 2.39 bits per heavy atom. The molecule has 0 aromatic heterocycles. The molecule has 5 heteroatoms. The first-order valence-corrected chi connectivity index (χ1v) is 5.39. The molecule has 0 bridgehead atoms. The lowest BCUT2D eigenvalue weighted by Crippen LogP contribution is -2.04. The summed E-state index contributed by atoms with van der Waals surface area (Å²) < 4.78 is 13.5. The highest BCUT2D eigenvalue weighted by Crippen LogP contribution is 2.32. The van der Waals surface area contributed by atoms with Gasteiger partial charge in [-0.15, -0.1) is 0 Å². The molecule has 0 heterocycles. The topological polar surface area (TPSA) is 57.5 Å². The summed E-state index contributed by atoms with van der Waals surface area (Å²) in [6.07, 6.45) is 0. The number of carbonyl (C=O) groups excluding carboxylic acids is 1. The summed E-state index contributed by atoms with van der Waals surface area (Å²) in [5.41, 5.74) is -0.336. The summed E-state index contributed by atoms with van der Waals surface area (Å²) in [5.74, 6) is -2.19. The van der Waals surface area contributed by atoms with Crippen molar-refractivity contribution in [3.05, 3.63) is 58.4 Å². The van der Waals surface area contributed by atoms with Gasteiger partial charge in [0.2, 0.25) is 0 Å². The highest BCUT2D eigenvalue weighted by Gasteiger charge is 2.18. The Morgan fingerprint density at radius 1 is 1.06 bits per heavy atom. The molecule has 0 saturated heterocycles. The molecular formula is C13H8ClFO3. The molecule has 0 unspecified atom stereocenters. The standard InChI is InChI=1S/C13H8ClFO3/c14-9-5-8(11(16)6-12(9)17)13(18)7-3-1-2-4-10(7)15/h1-6,16-17H. The molecule has 0 aliphatic heterocycles. The minimum absolute atomic E-state index is 0.0903. The van der Waals surface area contributed by atoms with Gasteiger partial charge in [0.25, 0.3) is 0 Å². The summed E-state index contributed by atoms with van der Waals surface area (Å²) in [6.45, 7) is 0. The van der Waals surface area contributed by atoms with Gasteiger partial charge in [-0.1, -0.05) is 23.7 Å². The first-order chi connectivity index (χ1) is 8.50. The van der Waals surface area contributed by atoms with Crippen LogP contribution < -0.4 is 0 Å². The van der Waals surface area contributed by atoms with E-state index in [2.05, 4.69) is 0 Å². The van der Waals surface area contributed by atoms with E-state index in [1.165, 1.54) is 18.2 Å². The molecule has 92 valence electrons. The molecule has 0 aliphatic carbocycles. The van der Waals surface area contributed by atoms with E-state index in [9.17, 15) is 19.4 Å². The van der Waals surface area contributed by atoms with E-state index >= 15 is 0 Å². The fourth-order valence-corrected chi connectivity index (χ4v) is 1.69. The minimum Gasteiger partial charge on any atom is -0.507 e. The van der Waals surface area contributed by atoms with Gasteiger partial charge >= 0.3 is 0 Å². The third-order valence-electron chi connectivity index (χ3n) is 2.43. The summed E-state index contributed by atoms with van der Waals surface area (Å²) in [7, 11) is 0. The van der Waals surface area contributed by atoms with E-state index in [0.29, 0.717) is 0 Å². The van der Waals surface area contributed by atoms with E-state index in [1.54, 1.807) is 0 Å². The third kappa shape index (κ3) is 2.15. The lowest BCUT2D eigenvalue weighted by molar-refractivity contribution is 0.103. The third-order valence-corrected chi connectivity index (χ3v) is 2.73. The van der Waals surface area contributed by atoms with Gasteiger partial charge < -0.3 is 10.2 Å². The average Bonchev–Trinajstić information content (AvgIpc) is 2.33. The monoisotopic (exact) mass is 266 g/mol. The van der Waals surface area contributed by atoms with E-state index in [4.69, 9.17) is 11.6 Å². The van der Waals surface area contributed by atoms with Crippen molar-refractivity contribution in [2.45, 2.75) is 0 Å². The van der Waals surface area contributed by atoms with Crippen LogP contribution in [0.5, 0.6) is 11.5 Å². The molecule has 0 aliphatic rings. The van der Waals surface area contributed by atoms with E-state index in [1.807, 2.05) is 0 Å². The molecule has 2 rings (SSSR count). The van der Waals surface area contributed by atoms with Crippen molar-refractivity contribution in [2.24, 2.45) is 0 Å². The average molecular weight is 267 g/mol. The van der Waals surface area contributed by atoms with Crippen LogP contribution in [0, 0.1) is 5.82 Å². The van der Waals surface area contributed by atoms with Gasteiger partial charge in [-0.2, -0.15) is 0 Å². The SMILES string of the molecule is O=C(c1cc(Cl)c(O)cc1O)c1ccccc1F. The van der Waals surface area contributed by atoms with Crippen LogP contribution in [0.15, 0.2) is 36.4 Å². The molecule has 2 aromatic carbocycles. The van der Waals surface area contributed by atoms with Crippen LogP contribution >= 0.6 is 11.6 Å². The molecule has 0 radical (unpaired) electrons. The smallest absolute Gasteiger partial charge is 0.199 e. The molecule has 0 amide bonds. The number of hydrogen-bond donors (Lipinski definition) is 2. The maximum Gasteiger partial charge on any atom is 0.199 e. The Kier molecular flexibility index (Phi) is 3.21. The van der Waals surface area contributed by atoms with E-state index in [-0.39, 0.29) is 21.9 Å². The van der Waals surface area contributed by atoms with Gasteiger partial charge in [-0.3, -0.25) is 4.79 Å². The van der Waals surface area contributed by atoms with Gasteiger partial charge in [-0.25, -0.2) is 4.39 Å². The highest BCUT2D eigenvalue weighted by atomic mass is 35.5. The normalized spacial score (nSPS) is 10.3. The maximum atomic E-state index is 13.5. The molecule has 2 N–H and O–H groups in total. The van der Waals surface area contributed by atoms with Crippen LogP contribution in [0.1, 0.15) is 15.9 Å². The van der Waals surface area contributed by atoms with Crippen molar-refractivity contribution in [2.75, 3.05) is 0 Å². The lowest BCUT2D eigenvalue weighted by Gasteiger charge is -2.06. The largest absolute Gasteiger partial charge is 0.507 e. The van der Waals surface area contributed by atoms with Gasteiger partial charge in [0, 0.05) is 6.07 Å². The van der Waals surface area contributed by atoms with Crippen molar-refractivity contribution in [1.29, 1.82) is 0 Å². The summed E-state index contributed by atoms with van der Waals surface area (Å²) in [5, 5.41) is 18.7. The van der Waals surface area contributed by atoms with Crippen LogP contribution in [0.4, 0.5) is 4.39 Å². The van der Waals surface area contributed by atoms with Gasteiger partial charge in [0.15, 0.2) is 5.78 Å². The zero-order valence-electron chi connectivity index (χ0n) is 9.02. The van der Waals surface area contributed by atoms with Crippen molar-refractivity contribution >= 4 is 17.4 Å².